The molecule has 3 atom stereocenters. The van der Waals surface area contributed by atoms with E-state index in [4.69, 9.17) is 14.5 Å². The van der Waals surface area contributed by atoms with Gasteiger partial charge in [-0.3, -0.25) is 4.90 Å². The van der Waals surface area contributed by atoms with Crippen molar-refractivity contribution in [1.29, 1.82) is 0 Å². The quantitative estimate of drug-likeness (QED) is 0.619. The zero-order chi connectivity index (χ0) is 23.8. The van der Waals surface area contributed by atoms with Gasteiger partial charge in [0.1, 0.15) is 5.82 Å². The highest BCUT2D eigenvalue weighted by molar-refractivity contribution is 5.95. The van der Waals surface area contributed by atoms with Crippen molar-refractivity contribution in [2.45, 2.75) is 57.2 Å². The van der Waals surface area contributed by atoms with Crippen LogP contribution in [0, 0.1) is 0 Å². The molecule has 0 unspecified atom stereocenters. The van der Waals surface area contributed by atoms with E-state index < -0.39 is 12.1 Å². The van der Waals surface area contributed by atoms with E-state index in [-0.39, 0.29) is 18.2 Å². The maximum Gasteiger partial charge on any atom is 0.414 e. The minimum Gasteiger partial charge on any atom is -0.479 e. The first kappa shape index (κ1) is 22.4. The largest absolute Gasteiger partial charge is 0.479 e. The first-order chi connectivity index (χ1) is 16.5. The topological polar surface area (TPSA) is 93.9 Å². The predicted molar refractivity (Wildman–Crippen MR) is 127 cm³/mol. The molecule has 0 radical (unpaired) electrons. The van der Waals surface area contributed by atoms with Crippen molar-refractivity contribution in [1.82, 2.24) is 9.55 Å². The summed E-state index contributed by atoms with van der Waals surface area (Å²) in [5, 5.41) is 9.33. The number of carbonyl (C=O) groups excluding carboxylic acids is 1. The van der Waals surface area contributed by atoms with E-state index in [1.165, 1.54) is 7.11 Å². The Hall–Kier alpha value is -3.39. The molecule has 8 heteroatoms. The summed E-state index contributed by atoms with van der Waals surface area (Å²) in [6.45, 7) is 2.36. The van der Waals surface area contributed by atoms with Crippen LogP contribution in [0.25, 0.3) is 11.0 Å². The number of anilines is 1. The van der Waals surface area contributed by atoms with Gasteiger partial charge in [-0.2, -0.15) is 0 Å². The molecule has 3 heterocycles. The van der Waals surface area contributed by atoms with Crippen molar-refractivity contribution in [3.05, 3.63) is 59.4 Å². The van der Waals surface area contributed by atoms with Crippen molar-refractivity contribution < 1.29 is 24.2 Å². The molecule has 2 aromatic carbocycles. The van der Waals surface area contributed by atoms with Gasteiger partial charge >= 0.3 is 12.1 Å². The van der Waals surface area contributed by atoms with Crippen LogP contribution in [0.2, 0.25) is 0 Å². The number of hydrogen-bond donors (Lipinski definition) is 1. The highest BCUT2D eigenvalue weighted by Crippen LogP contribution is 2.38. The number of aliphatic carboxylic acids is 1. The number of amides is 1. The predicted octanol–water partition coefficient (Wildman–Crippen LogP) is 4.34. The third kappa shape index (κ3) is 3.92. The van der Waals surface area contributed by atoms with Crippen LogP contribution in [0.4, 0.5) is 10.5 Å². The van der Waals surface area contributed by atoms with Crippen molar-refractivity contribution in [2.24, 2.45) is 0 Å². The van der Waals surface area contributed by atoms with Gasteiger partial charge in [-0.1, -0.05) is 30.3 Å². The van der Waals surface area contributed by atoms with E-state index in [9.17, 15) is 14.7 Å². The summed E-state index contributed by atoms with van der Waals surface area (Å²) in [6.07, 6.45) is 2.35. The molecule has 5 rings (SSSR count). The molecule has 1 N–H and O–H groups in total. The van der Waals surface area contributed by atoms with Gasteiger partial charge in [0.05, 0.1) is 36.5 Å². The Morgan fingerprint density at radius 3 is 2.62 bits per heavy atom. The molecule has 8 nitrogen and oxygen atoms in total. The molecule has 2 aliphatic heterocycles. The Morgan fingerprint density at radius 1 is 1.15 bits per heavy atom. The number of aromatic nitrogens is 2. The number of fused-ring (bicyclic) bond motifs is 3. The first-order valence-electron chi connectivity index (χ1n) is 11.8. The second-order valence-corrected chi connectivity index (χ2v) is 9.11. The fourth-order valence-corrected chi connectivity index (χ4v) is 5.27. The second kappa shape index (κ2) is 9.10. The summed E-state index contributed by atoms with van der Waals surface area (Å²) in [4.78, 5) is 30.7. The molecule has 3 aromatic rings. The molecule has 0 saturated carbocycles. The Bertz CT molecular complexity index is 1210. The van der Waals surface area contributed by atoms with Crippen molar-refractivity contribution >= 4 is 28.8 Å². The summed E-state index contributed by atoms with van der Waals surface area (Å²) in [7, 11) is 1.40. The van der Waals surface area contributed by atoms with E-state index in [0.717, 1.165) is 46.5 Å². The number of rotatable bonds is 4. The smallest absolute Gasteiger partial charge is 0.414 e. The average molecular weight is 464 g/mol. The van der Waals surface area contributed by atoms with Crippen LogP contribution in [-0.4, -0.2) is 52.6 Å². The number of ether oxygens (including phenoxy) is 2. The van der Waals surface area contributed by atoms with Gasteiger partial charge in [0.15, 0.2) is 6.10 Å². The summed E-state index contributed by atoms with van der Waals surface area (Å²) >= 11 is 0. The molecule has 1 fully saturated rings. The van der Waals surface area contributed by atoms with Gasteiger partial charge in [-0.25, -0.2) is 14.6 Å². The third-order valence-corrected chi connectivity index (χ3v) is 7.00. The number of hydrogen-bond acceptors (Lipinski definition) is 5. The lowest BCUT2D eigenvalue weighted by Gasteiger charge is -2.34. The number of carboxylic acids is 1. The van der Waals surface area contributed by atoms with Gasteiger partial charge in [0.2, 0.25) is 0 Å². The SMILES string of the molecule is COC(=O)N1c2ccc3c(nc(Cc4ccccc4)n3[C@@H]3CC[C@@H](C(=O)O)OC3)c2CC[C@@H]1C. The van der Waals surface area contributed by atoms with Crippen LogP contribution in [-0.2, 0) is 27.1 Å². The Balaban J connectivity index is 1.61. The number of carboxylic acid groups (broad SMARTS) is 1. The number of nitrogens with zero attached hydrogens (tertiary/aromatic N) is 3. The maximum absolute atomic E-state index is 12.5. The second-order valence-electron chi connectivity index (χ2n) is 9.11. The molecule has 2 aliphatic rings. The van der Waals surface area contributed by atoms with E-state index >= 15 is 0 Å². The summed E-state index contributed by atoms with van der Waals surface area (Å²) in [5.41, 5.74) is 4.93. The number of carbonyl (C=O) groups is 2. The lowest BCUT2D eigenvalue weighted by molar-refractivity contribution is -0.154. The lowest BCUT2D eigenvalue weighted by Crippen LogP contribution is -2.42. The normalized spacial score (nSPS) is 22.4. The van der Waals surface area contributed by atoms with Crippen LogP contribution < -0.4 is 4.90 Å². The highest BCUT2D eigenvalue weighted by atomic mass is 16.5. The van der Waals surface area contributed by atoms with Crippen LogP contribution >= 0.6 is 0 Å². The van der Waals surface area contributed by atoms with Gasteiger partial charge in [0, 0.05) is 18.0 Å². The Kier molecular flexibility index (Phi) is 6.00. The summed E-state index contributed by atoms with van der Waals surface area (Å²) < 4.78 is 13.0. The van der Waals surface area contributed by atoms with Crippen molar-refractivity contribution in [3.63, 3.8) is 0 Å². The zero-order valence-electron chi connectivity index (χ0n) is 19.4. The lowest BCUT2D eigenvalue weighted by atomic mass is 9.95. The molecule has 0 spiro atoms. The fraction of sp³-hybridized carbons (Fsp3) is 0.423. The van der Waals surface area contributed by atoms with Crippen molar-refractivity contribution in [3.8, 4) is 0 Å². The van der Waals surface area contributed by atoms with E-state index in [1.54, 1.807) is 4.90 Å². The molecule has 178 valence electrons. The molecule has 1 amide bonds. The molecular weight excluding hydrogens is 434 g/mol. The summed E-state index contributed by atoms with van der Waals surface area (Å²) in [5.74, 6) is 0.00440. The zero-order valence-corrected chi connectivity index (χ0v) is 19.4. The van der Waals surface area contributed by atoms with E-state index in [0.29, 0.717) is 25.9 Å². The van der Waals surface area contributed by atoms with E-state index in [2.05, 4.69) is 16.7 Å². The fourth-order valence-electron chi connectivity index (χ4n) is 5.27. The average Bonchev–Trinajstić information content (AvgIpc) is 3.22. The molecule has 1 aromatic heterocycles. The van der Waals surface area contributed by atoms with Crippen LogP contribution in [0.15, 0.2) is 42.5 Å². The van der Waals surface area contributed by atoms with Crippen LogP contribution in [0.3, 0.4) is 0 Å². The standard InChI is InChI=1S/C26H29N3O5/c1-16-8-10-19-20(28(16)26(32)33-2)11-12-21-24(19)27-23(14-17-6-4-3-5-7-17)29(21)18-9-13-22(25(30)31)34-15-18/h3-7,11-12,16,18,22H,8-10,13-15H2,1-2H3,(H,30,31)/t16-,18+,22-/m0/s1. The molecular formula is C26H29N3O5. The molecule has 1 saturated heterocycles. The number of benzene rings is 2. The Labute approximate surface area is 198 Å². The van der Waals surface area contributed by atoms with Crippen LogP contribution in [0.5, 0.6) is 0 Å². The van der Waals surface area contributed by atoms with Gasteiger partial charge in [0.25, 0.3) is 0 Å². The molecule has 34 heavy (non-hydrogen) atoms. The highest BCUT2D eigenvalue weighted by Gasteiger charge is 2.34. The van der Waals surface area contributed by atoms with Gasteiger partial charge in [-0.05, 0) is 50.3 Å². The van der Waals surface area contributed by atoms with Crippen LogP contribution in [0.1, 0.15) is 49.2 Å². The minimum absolute atomic E-state index is 0.00316. The van der Waals surface area contributed by atoms with Crippen molar-refractivity contribution in [2.75, 3.05) is 18.6 Å². The van der Waals surface area contributed by atoms with E-state index in [1.807, 2.05) is 37.3 Å². The summed E-state index contributed by atoms with van der Waals surface area (Å²) in [6, 6.07) is 14.2. The minimum atomic E-state index is -0.912. The van der Waals surface area contributed by atoms with Gasteiger partial charge < -0.3 is 19.1 Å². The van der Waals surface area contributed by atoms with Gasteiger partial charge in [-0.15, -0.1) is 0 Å². The molecule has 0 aliphatic carbocycles. The molecule has 0 bridgehead atoms. The number of imidazole rings is 1. The number of methoxy groups -OCH3 is 1. The maximum atomic E-state index is 12.5. The number of aryl methyl sites for hydroxylation is 1. The third-order valence-electron chi connectivity index (χ3n) is 7.00. The monoisotopic (exact) mass is 463 g/mol. The first-order valence-corrected chi connectivity index (χ1v) is 11.8. The Morgan fingerprint density at radius 2 is 1.94 bits per heavy atom.